The SMILES string of the molecule is [O]C(=O)Cc1nccs1. The zero-order chi connectivity index (χ0) is 6.69. The van der Waals surface area contributed by atoms with Crippen molar-refractivity contribution in [2.45, 2.75) is 6.42 Å². The third-order valence-electron chi connectivity index (χ3n) is 0.779. The van der Waals surface area contributed by atoms with E-state index in [0.717, 1.165) is 0 Å². The fraction of sp³-hybridized carbons (Fsp3) is 0.200. The average Bonchev–Trinajstić information content (AvgIpc) is 2.15. The molecule has 1 radical (unpaired) electrons. The van der Waals surface area contributed by atoms with Crippen LogP contribution >= 0.6 is 11.3 Å². The van der Waals surface area contributed by atoms with Gasteiger partial charge in [0.05, 0.1) is 0 Å². The zero-order valence-electron chi connectivity index (χ0n) is 4.53. The predicted octanol–water partition coefficient (Wildman–Crippen LogP) is 0.643. The predicted molar refractivity (Wildman–Crippen MR) is 31.5 cm³/mol. The van der Waals surface area contributed by atoms with E-state index in [1.807, 2.05) is 0 Å². The van der Waals surface area contributed by atoms with Gasteiger partial charge in [-0.1, -0.05) is 0 Å². The van der Waals surface area contributed by atoms with Gasteiger partial charge < -0.3 is 0 Å². The molecule has 0 amide bonds. The molecular formula is C5H4NO2S. The number of thiazole rings is 1. The summed E-state index contributed by atoms with van der Waals surface area (Å²) in [6.07, 6.45) is 1.50. The highest BCUT2D eigenvalue weighted by molar-refractivity contribution is 7.09. The maximum absolute atomic E-state index is 9.92. The number of nitrogens with zero attached hydrogens (tertiary/aromatic N) is 1. The van der Waals surface area contributed by atoms with Crippen LogP contribution in [0.25, 0.3) is 0 Å². The molecule has 0 aliphatic heterocycles. The number of hydrogen-bond donors (Lipinski definition) is 0. The second-order valence-corrected chi connectivity index (χ2v) is 2.45. The molecule has 0 saturated carbocycles. The Kier molecular flexibility index (Phi) is 1.79. The summed E-state index contributed by atoms with van der Waals surface area (Å²) >= 11 is 1.32. The molecule has 0 aliphatic rings. The van der Waals surface area contributed by atoms with Gasteiger partial charge >= 0.3 is 5.97 Å². The van der Waals surface area contributed by atoms with Crippen LogP contribution in [0, 0.1) is 0 Å². The van der Waals surface area contributed by atoms with Crippen LogP contribution in [0.4, 0.5) is 0 Å². The van der Waals surface area contributed by atoms with Crippen LogP contribution in [0.1, 0.15) is 5.01 Å². The second kappa shape index (κ2) is 2.59. The molecule has 0 atom stereocenters. The molecule has 0 aromatic carbocycles. The van der Waals surface area contributed by atoms with Crippen LogP contribution in [0.15, 0.2) is 11.6 Å². The molecule has 47 valence electrons. The molecule has 0 fully saturated rings. The average molecular weight is 142 g/mol. The standard InChI is InChI=1S/C5H4NO2S/c7-5(8)3-4-6-1-2-9-4/h1-2H,3H2. The van der Waals surface area contributed by atoms with E-state index in [-0.39, 0.29) is 6.42 Å². The summed E-state index contributed by atoms with van der Waals surface area (Å²) in [5.74, 6) is -1.08. The van der Waals surface area contributed by atoms with Crippen LogP contribution in [-0.4, -0.2) is 11.0 Å². The summed E-state index contributed by atoms with van der Waals surface area (Å²) in [5.41, 5.74) is 0. The van der Waals surface area contributed by atoms with Gasteiger partial charge in [-0.05, 0) is 0 Å². The van der Waals surface area contributed by atoms with Crippen molar-refractivity contribution in [1.82, 2.24) is 4.98 Å². The summed E-state index contributed by atoms with van der Waals surface area (Å²) in [5, 5.41) is 12.2. The van der Waals surface area contributed by atoms with E-state index < -0.39 is 5.97 Å². The molecule has 1 rings (SSSR count). The highest BCUT2D eigenvalue weighted by Crippen LogP contribution is 2.03. The second-order valence-electron chi connectivity index (χ2n) is 1.47. The maximum atomic E-state index is 9.92. The van der Waals surface area contributed by atoms with Crippen molar-refractivity contribution in [3.05, 3.63) is 16.6 Å². The van der Waals surface area contributed by atoms with Crippen LogP contribution in [0.2, 0.25) is 0 Å². The van der Waals surface area contributed by atoms with Crippen LogP contribution in [0.5, 0.6) is 0 Å². The monoisotopic (exact) mass is 142 g/mol. The Hall–Kier alpha value is -0.900. The Morgan fingerprint density at radius 1 is 1.78 bits per heavy atom. The number of carbonyl (C=O) groups excluding carboxylic acids is 1. The lowest BCUT2D eigenvalue weighted by atomic mass is 10.5. The molecular weight excluding hydrogens is 138 g/mol. The van der Waals surface area contributed by atoms with Crippen LogP contribution in [-0.2, 0) is 16.3 Å². The van der Waals surface area contributed by atoms with Crippen molar-refractivity contribution in [3.63, 3.8) is 0 Å². The highest BCUT2D eigenvalue weighted by atomic mass is 32.1. The molecule has 3 nitrogen and oxygen atoms in total. The molecule has 0 aliphatic carbocycles. The van der Waals surface area contributed by atoms with E-state index in [2.05, 4.69) is 4.98 Å². The van der Waals surface area contributed by atoms with Gasteiger partial charge in [0.15, 0.2) is 0 Å². The van der Waals surface area contributed by atoms with Crippen molar-refractivity contribution in [2.24, 2.45) is 0 Å². The molecule has 1 aromatic heterocycles. The largest absolute Gasteiger partial charge is 0.362 e. The number of rotatable bonds is 2. The Morgan fingerprint density at radius 3 is 3.00 bits per heavy atom. The fourth-order valence-electron chi connectivity index (χ4n) is 0.464. The van der Waals surface area contributed by atoms with E-state index in [1.165, 1.54) is 11.3 Å². The summed E-state index contributed by atoms with van der Waals surface area (Å²) in [7, 11) is 0. The minimum absolute atomic E-state index is 0.0718. The van der Waals surface area contributed by atoms with Crippen molar-refractivity contribution in [3.8, 4) is 0 Å². The van der Waals surface area contributed by atoms with Gasteiger partial charge in [-0.2, -0.15) is 0 Å². The summed E-state index contributed by atoms with van der Waals surface area (Å²) in [6.45, 7) is 0. The first-order valence-corrected chi connectivity index (χ1v) is 3.25. The molecule has 0 bridgehead atoms. The molecule has 9 heavy (non-hydrogen) atoms. The molecule has 0 N–H and O–H groups in total. The molecule has 0 saturated heterocycles. The molecule has 0 unspecified atom stereocenters. The Bertz CT molecular complexity index is 195. The summed E-state index contributed by atoms with van der Waals surface area (Å²) < 4.78 is 0. The van der Waals surface area contributed by atoms with E-state index in [1.54, 1.807) is 11.6 Å². The maximum Gasteiger partial charge on any atom is 0.362 e. The normalized spacial score (nSPS) is 9.33. The zero-order valence-corrected chi connectivity index (χ0v) is 5.35. The summed E-state index contributed by atoms with van der Waals surface area (Å²) in [4.78, 5) is 13.7. The van der Waals surface area contributed by atoms with Crippen molar-refractivity contribution in [2.75, 3.05) is 0 Å². The molecule has 4 heteroatoms. The Morgan fingerprint density at radius 2 is 2.56 bits per heavy atom. The Balaban J connectivity index is 2.58. The third-order valence-corrected chi connectivity index (χ3v) is 1.56. The Labute approximate surface area is 56.0 Å². The van der Waals surface area contributed by atoms with Gasteiger partial charge in [0.2, 0.25) is 0 Å². The lowest BCUT2D eigenvalue weighted by Crippen LogP contribution is -1.96. The number of aromatic nitrogens is 1. The van der Waals surface area contributed by atoms with Gasteiger partial charge in [0, 0.05) is 11.6 Å². The van der Waals surface area contributed by atoms with Gasteiger partial charge in [0.25, 0.3) is 0 Å². The first-order valence-electron chi connectivity index (χ1n) is 2.37. The summed E-state index contributed by atoms with van der Waals surface area (Å²) in [6, 6.07) is 0. The van der Waals surface area contributed by atoms with Gasteiger partial charge in [-0.3, -0.25) is 0 Å². The smallest absolute Gasteiger partial charge is 0.249 e. The van der Waals surface area contributed by atoms with Gasteiger partial charge in [0.1, 0.15) is 11.4 Å². The number of carbonyl (C=O) groups is 1. The van der Waals surface area contributed by atoms with Gasteiger partial charge in [-0.25, -0.2) is 14.9 Å². The minimum Gasteiger partial charge on any atom is -0.249 e. The van der Waals surface area contributed by atoms with Crippen molar-refractivity contribution < 1.29 is 9.90 Å². The van der Waals surface area contributed by atoms with E-state index in [0.29, 0.717) is 5.01 Å². The first-order chi connectivity index (χ1) is 4.29. The van der Waals surface area contributed by atoms with E-state index in [4.69, 9.17) is 0 Å². The molecule has 1 aromatic rings. The van der Waals surface area contributed by atoms with E-state index in [9.17, 15) is 9.90 Å². The number of hydrogen-bond acceptors (Lipinski definition) is 3. The highest BCUT2D eigenvalue weighted by Gasteiger charge is 2.02. The fourth-order valence-corrected chi connectivity index (χ4v) is 1.07. The van der Waals surface area contributed by atoms with E-state index >= 15 is 0 Å². The quantitative estimate of drug-likeness (QED) is 0.608. The van der Waals surface area contributed by atoms with Crippen molar-refractivity contribution in [1.29, 1.82) is 0 Å². The topological polar surface area (TPSA) is 49.9 Å². The van der Waals surface area contributed by atoms with Gasteiger partial charge in [-0.15, -0.1) is 11.3 Å². The minimum atomic E-state index is -1.08. The van der Waals surface area contributed by atoms with Crippen LogP contribution in [0.3, 0.4) is 0 Å². The first kappa shape index (κ1) is 6.22. The lowest BCUT2D eigenvalue weighted by molar-refractivity contribution is -0.142. The molecule has 1 heterocycles. The van der Waals surface area contributed by atoms with Crippen LogP contribution < -0.4 is 0 Å². The lowest BCUT2D eigenvalue weighted by Gasteiger charge is -1.80. The van der Waals surface area contributed by atoms with Crippen molar-refractivity contribution >= 4 is 17.3 Å². The molecule has 0 spiro atoms. The third kappa shape index (κ3) is 1.81.